The van der Waals surface area contributed by atoms with Crippen molar-refractivity contribution in [2.45, 2.75) is 43.7 Å². The van der Waals surface area contributed by atoms with Crippen molar-refractivity contribution in [3.8, 4) is 0 Å². The fourth-order valence-corrected chi connectivity index (χ4v) is 2.22. The minimum Gasteiger partial charge on any atom is -0.394 e. The van der Waals surface area contributed by atoms with Crippen LogP contribution in [0.5, 0.6) is 0 Å². The Morgan fingerprint density at radius 1 is 1.05 bits per heavy atom. The van der Waals surface area contributed by atoms with Crippen molar-refractivity contribution in [1.29, 1.82) is 0 Å². The minimum absolute atomic E-state index is 0.00981. The molecule has 10 nitrogen and oxygen atoms in total. The van der Waals surface area contributed by atoms with Gasteiger partial charge < -0.3 is 35.4 Å². The van der Waals surface area contributed by atoms with E-state index in [1.54, 1.807) is 0 Å². The molecule has 0 bridgehead atoms. The lowest BCUT2D eigenvalue weighted by molar-refractivity contribution is -0.233. The number of aliphatic hydroxyl groups is 6. The largest absolute Gasteiger partial charge is 0.394 e. The van der Waals surface area contributed by atoms with Gasteiger partial charge in [-0.05, 0) is 0 Å². The molecule has 0 aliphatic carbocycles. The van der Waals surface area contributed by atoms with E-state index in [0.717, 1.165) is 0 Å². The first-order valence-corrected chi connectivity index (χ1v) is 6.49. The highest BCUT2D eigenvalue weighted by molar-refractivity contribution is 5.04. The summed E-state index contributed by atoms with van der Waals surface area (Å²) in [6.07, 6.45) is -6.69. The van der Waals surface area contributed by atoms with Crippen molar-refractivity contribution in [3.05, 3.63) is 11.6 Å². The minimum atomic E-state index is -1.52. The van der Waals surface area contributed by atoms with E-state index in [0.29, 0.717) is 0 Å². The molecule has 1 aliphatic heterocycles. The average molecular weight is 305 g/mol. The molecule has 1 aromatic heterocycles. The molecule has 0 amide bonds. The van der Waals surface area contributed by atoms with E-state index >= 15 is 0 Å². The standard InChI is InChI=1S/C11H19N3O7/c15-2-1-14-6(4-17)12-11(13-14)10-9(20)8(19)7(18)5(3-16)21-10/h5,7-10,15-20H,1-4H2/t5-,7-,8+,9-,10-/m1/s1. The molecule has 6 N–H and O–H groups in total. The summed E-state index contributed by atoms with van der Waals surface area (Å²) in [6.45, 7) is -1.10. The Balaban J connectivity index is 2.27. The van der Waals surface area contributed by atoms with Crippen LogP contribution in [0, 0.1) is 0 Å². The molecule has 1 aromatic rings. The zero-order valence-corrected chi connectivity index (χ0v) is 11.1. The van der Waals surface area contributed by atoms with Gasteiger partial charge in [0.1, 0.15) is 37.1 Å². The fourth-order valence-electron chi connectivity index (χ4n) is 2.22. The molecular formula is C11H19N3O7. The van der Waals surface area contributed by atoms with E-state index in [1.807, 2.05) is 0 Å². The third kappa shape index (κ3) is 3.06. The third-order valence-electron chi connectivity index (χ3n) is 3.36. The second kappa shape index (κ2) is 6.75. The van der Waals surface area contributed by atoms with Crippen molar-refractivity contribution in [1.82, 2.24) is 14.8 Å². The summed E-state index contributed by atoms with van der Waals surface area (Å²) in [6, 6.07) is 0. The smallest absolute Gasteiger partial charge is 0.182 e. The van der Waals surface area contributed by atoms with Crippen molar-refractivity contribution in [3.63, 3.8) is 0 Å². The van der Waals surface area contributed by atoms with Crippen LogP contribution in [-0.4, -0.2) is 83.0 Å². The maximum atomic E-state index is 9.96. The van der Waals surface area contributed by atoms with Crippen molar-refractivity contribution < 1.29 is 35.4 Å². The number of ether oxygens (including phenoxy) is 1. The quantitative estimate of drug-likeness (QED) is 0.321. The van der Waals surface area contributed by atoms with Gasteiger partial charge in [-0.1, -0.05) is 0 Å². The Bertz CT molecular complexity index is 467. The lowest BCUT2D eigenvalue weighted by Gasteiger charge is -2.38. The first-order valence-electron chi connectivity index (χ1n) is 6.49. The van der Waals surface area contributed by atoms with Gasteiger partial charge in [-0.2, -0.15) is 5.10 Å². The van der Waals surface area contributed by atoms with Crippen LogP contribution >= 0.6 is 0 Å². The molecule has 0 unspecified atom stereocenters. The number of nitrogens with zero attached hydrogens (tertiary/aromatic N) is 3. The van der Waals surface area contributed by atoms with Crippen LogP contribution in [0.2, 0.25) is 0 Å². The summed E-state index contributed by atoms with van der Waals surface area (Å²) in [5, 5.41) is 60.6. The summed E-state index contributed by atoms with van der Waals surface area (Å²) < 4.78 is 6.56. The molecule has 0 aromatic carbocycles. The summed E-state index contributed by atoms with van der Waals surface area (Å²) in [5.41, 5.74) is 0. The van der Waals surface area contributed by atoms with E-state index in [2.05, 4.69) is 10.1 Å². The van der Waals surface area contributed by atoms with Gasteiger partial charge in [0.05, 0.1) is 19.8 Å². The Kier molecular flexibility index (Phi) is 5.22. The second-order valence-corrected chi connectivity index (χ2v) is 4.74. The fraction of sp³-hybridized carbons (Fsp3) is 0.818. The van der Waals surface area contributed by atoms with Crippen molar-refractivity contribution >= 4 is 0 Å². The maximum absolute atomic E-state index is 9.96. The molecule has 0 spiro atoms. The summed E-state index contributed by atoms with van der Waals surface area (Å²) in [5.74, 6) is 0.153. The van der Waals surface area contributed by atoms with Crippen LogP contribution in [0.4, 0.5) is 0 Å². The van der Waals surface area contributed by atoms with Crippen molar-refractivity contribution in [2.75, 3.05) is 13.2 Å². The summed E-state index contributed by atoms with van der Waals surface area (Å²) >= 11 is 0. The molecular weight excluding hydrogens is 286 g/mol. The molecule has 0 saturated carbocycles. The van der Waals surface area contributed by atoms with Gasteiger partial charge >= 0.3 is 0 Å². The van der Waals surface area contributed by atoms with Crippen molar-refractivity contribution in [2.24, 2.45) is 0 Å². The first kappa shape index (κ1) is 16.2. The lowest BCUT2D eigenvalue weighted by Crippen LogP contribution is -2.55. The molecule has 0 radical (unpaired) electrons. The van der Waals surface area contributed by atoms with Gasteiger partial charge in [0.2, 0.25) is 0 Å². The van der Waals surface area contributed by atoms with Crippen LogP contribution < -0.4 is 0 Å². The number of aliphatic hydroxyl groups excluding tert-OH is 6. The third-order valence-corrected chi connectivity index (χ3v) is 3.36. The summed E-state index contributed by atoms with van der Waals surface area (Å²) in [7, 11) is 0. The highest BCUT2D eigenvalue weighted by Gasteiger charge is 2.45. The SMILES string of the molecule is OCCn1nc([C@@H]2O[C@H](CO)[C@@H](O)[C@H](O)[C@H]2O)nc1CO. The number of hydrogen-bond acceptors (Lipinski definition) is 9. The number of hydrogen-bond donors (Lipinski definition) is 6. The normalized spacial score (nSPS) is 33.3. The summed E-state index contributed by atoms with van der Waals surface area (Å²) in [4.78, 5) is 3.98. The van der Waals surface area contributed by atoms with E-state index in [9.17, 15) is 20.4 Å². The van der Waals surface area contributed by atoms with Crippen LogP contribution in [0.15, 0.2) is 0 Å². The molecule has 21 heavy (non-hydrogen) atoms. The molecule has 10 heteroatoms. The Labute approximate surface area is 119 Å². The van der Waals surface area contributed by atoms with Gasteiger partial charge in [0, 0.05) is 0 Å². The van der Waals surface area contributed by atoms with Gasteiger partial charge in [-0.25, -0.2) is 9.67 Å². The second-order valence-electron chi connectivity index (χ2n) is 4.74. The van der Waals surface area contributed by atoms with Crippen LogP contribution in [0.1, 0.15) is 17.8 Å². The molecule has 2 heterocycles. The average Bonchev–Trinajstić information content (AvgIpc) is 2.88. The zero-order valence-electron chi connectivity index (χ0n) is 11.1. The molecule has 1 saturated heterocycles. The molecule has 5 atom stereocenters. The molecule has 1 aliphatic rings. The predicted octanol–water partition coefficient (Wildman–Crippen LogP) is -3.72. The highest BCUT2D eigenvalue weighted by Crippen LogP contribution is 2.30. The van der Waals surface area contributed by atoms with Crippen LogP contribution in [0.3, 0.4) is 0 Å². The topological polar surface area (TPSA) is 161 Å². The Hall–Kier alpha value is -1.14. The van der Waals surface area contributed by atoms with E-state index in [-0.39, 0.29) is 24.8 Å². The molecule has 1 fully saturated rings. The van der Waals surface area contributed by atoms with E-state index < -0.39 is 43.7 Å². The van der Waals surface area contributed by atoms with Gasteiger partial charge in [0.25, 0.3) is 0 Å². The molecule has 2 rings (SSSR count). The molecule has 120 valence electrons. The van der Waals surface area contributed by atoms with E-state index in [1.165, 1.54) is 4.68 Å². The van der Waals surface area contributed by atoms with Gasteiger partial charge in [0.15, 0.2) is 11.6 Å². The first-order chi connectivity index (χ1) is 10.0. The van der Waals surface area contributed by atoms with Crippen LogP contribution in [-0.2, 0) is 17.9 Å². The zero-order chi connectivity index (χ0) is 15.6. The van der Waals surface area contributed by atoms with Gasteiger partial charge in [-0.3, -0.25) is 0 Å². The van der Waals surface area contributed by atoms with E-state index in [4.69, 9.17) is 14.9 Å². The van der Waals surface area contributed by atoms with Crippen LogP contribution in [0.25, 0.3) is 0 Å². The Morgan fingerprint density at radius 3 is 2.33 bits per heavy atom. The monoisotopic (exact) mass is 305 g/mol. The van der Waals surface area contributed by atoms with Gasteiger partial charge in [-0.15, -0.1) is 0 Å². The Morgan fingerprint density at radius 2 is 1.76 bits per heavy atom. The highest BCUT2D eigenvalue weighted by atomic mass is 16.5. The maximum Gasteiger partial charge on any atom is 0.182 e. The number of aromatic nitrogens is 3. The lowest BCUT2D eigenvalue weighted by atomic mass is 9.95. The predicted molar refractivity (Wildman–Crippen MR) is 65.8 cm³/mol. The number of rotatable bonds is 5.